The van der Waals surface area contributed by atoms with Crippen LogP contribution in [-0.4, -0.2) is 5.97 Å². The van der Waals surface area contributed by atoms with Gasteiger partial charge in [0.15, 0.2) is 0 Å². The van der Waals surface area contributed by atoms with Gasteiger partial charge in [-0.25, -0.2) is 0 Å². The molecule has 0 atom stereocenters. The number of carbonyl (C=O) groups excluding carboxylic acids is 1. The molecule has 1 aromatic carbocycles. The van der Waals surface area contributed by atoms with Gasteiger partial charge in [-0.2, -0.15) is 0 Å². The lowest BCUT2D eigenvalue weighted by atomic mass is 9.86. The average Bonchev–Trinajstić information content (AvgIpc) is 2.13. The van der Waals surface area contributed by atoms with E-state index in [1.807, 2.05) is 0 Å². The minimum atomic E-state index is -0.114. The van der Waals surface area contributed by atoms with Gasteiger partial charge < -0.3 is 4.74 Å². The molecule has 86 valence electrons. The van der Waals surface area contributed by atoms with Crippen molar-refractivity contribution >= 4 is 29.2 Å². The van der Waals surface area contributed by atoms with Gasteiger partial charge in [0.2, 0.25) is 0 Å². The predicted molar refractivity (Wildman–Crippen MR) is 63.6 cm³/mol. The molecule has 0 amide bonds. The maximum absolute atomic E-state index is 11.5. The highest BCUT2D eigenvalue weighted by Crippen LogP contribution is 2.28. The Labute approximate surface area is 104 Å². The van der Waals surface area contributed by atoms with Crippen LogP contribution < -0.4 is 0 Å². The number of benzene rings is 1. The van der Waals surface area contributed by atoms with Crippen LogP contribution in [-0.2, 0) is 16.1 Å². The van der Waals surface area contributed by atoms with Crippen molar-refractivity contribution in [3.05, 3.63) is 33.8 Å². The third-order valence-electron chi connectivity index (χ3n) is 2.82. The van der Waals surface area contributed by atoms with Crippen molar-refractivity contribution in [2.45, 2.75) is 25.9 Å². The van der Waals surface area contributed by atoms with Crippen LogP contribution in [0.4, 0.5) is 0 Å². The van der Waals surface area contributed by atoms with Crippen molar-refractivity contribution in [2.24, 2.45) is 5.92 Å². The Morgan fingerprint density at radius 2 is 2.12 bits per heavy atom. The molecule has 0 aromatic heterocycles. The topological polar surface area (TPSA) is 26.3 Å². The number of carbonyl (C=O) groups is 1. The molecule has 1 aliphatic rings. The van der Waals surface area contributed by atoms with Gasteiger partial charge >= 0.3 is 5.97 Å². The smallest absolute Gasteiger partial charge is 0.309 e. The summed E-state index contributed by atoms with van der Waals surface area (Å²) in [6.07, 6.45) is 3.03. The van der Waals surface area contributed by atoms with Crippen LogP contribution in [0.5, 0.6) is 0 Å². The van der Waals surface area contributed by atoms with Crippen LogP contribution in [0.3, 0.4) is 0 Å². The fourth-order valence-corrected chi connectivity index (χ4v) is 2.01. The molecule has 0 N–H and O–H groups in total. The van der Waals surface area contributed by atoms with E-state index in [0.29, 0.717) is 10.0 Å². The normalized spacial score (nSPS) is 15.6. The lowest BCUT2D eigenvalue weighted by Crippen LogP contribution is -2.23. The minimum Gasteiger partial charge on any atom is -0.461 e. The molecule has 0 saturated heterocycles. The van der Waals surface area contributed by atoms with Gasteiger partial charge in [0, 0.05) is 15.6 Å². The Kier molecular flexibility index (Phi) is 3.72. The molecule has 4 heteroatoms. The Hall–Kier alpha value is -0.730. The summed E-state index contributed by atoms with van der Waals surface area (Å²) >= 11 is 11.7. The van der Waals surface area contributed by atoms with Crippen LogP contribution >= 0.6 is 23.2 Å². The quantitative estimate of drug-likeness (QED) is 0.771. The van der Waals surface area contributed by atoms with Crippen LogP contribution in [0.15, 0.2) is 18.2 Å². The van der Waals surface area contributed by atoms with Crippen molar-refractivity contribution < 1.29 is 9.53 Å². The van der Waals surface area contributed by atoms with E-state index in [9.17, 15) is 4.79 Å². The fourth-order valence-electron chi connectivity index (χ4n) is 1.55. The molecule has 1 aliphatic carbocycles. The molecular formula is C12H12Cl2O2. The number of hydrogen-bond acceptors (Lipinski definition) is 2. The van der Waals surface area contributed by atoms with E-state index in [2.05, 4.69) is 0 Å². The molecule has 0 heterocycles. The number of esters is 1. The van der Waals surface area contributed by atoms with Gasteiger partial charge in [0.25, 0.3) is 0 Å². The van der Waals surface area contributed by atoms with Gasteiger partial charge in [-0.3, -0.25) is 4.79 Å². The number of ether oxygens (including phenoxy) is 1. The van der Waals surface area contributed by atoms with Crippen LogP contribution in [0, 0.1) is 5.92 Å². The van der Waals surface area contributed by atoms with Gasteiger partial charge in [-0.05, 0) is 25.0 Å². The molecule has 0 unspecified atom stereocenters. The van der Waals surface area contributed by atoms with E-state index in [1.54, 1.807) is 18.2 Å². The van der Waals surface area contributed by atoms with Crippen LogP contribution in [0.2, 0.25) is 10.0 Å². The van der Waals surface area contributed by atoms with Gasteiger partial charge in [-0.15, -0.1) is 0 Å². The van der Waals surface area contributed by atoms with E-state index in [4.69, 9.17) is 27.9 Å². The van der Waals surface area contributed by atoms with E-state index in [1.165, 1.54) is 0 Å². The highest BCUT2D eigenvalue weighted by atomic mass is 35.5. The zero-order valence-electron chi connectivity index (χ0n) is 8.71. The summed E-state index contributed by atoms with van der Waals surface area (Å²) in [5.41, 5.74) is 0.791. The summed E-state index contributed by atoms with van der Waals surface area (Å²) in [6.45, 7) is 0.228. The highest BCUT2D eigenvalue weighted by Gasteiger charge is 2.26. The zero-order chi connectivity index (χ0) is 11.5. The fraction of sp³-hybridized carbons (Fsp3) is 0.417. The van der Waals surface area contributed by atoms with Crippen molar-refractivity contribution in [1.29, 1.82) is 0 Å². The summed E-state index contributed by atoms with van der Waals surface area (Å²) in [6, 6.07) is 5.16. The second-order valence-electron chi connectivity index (χ2n) is 3.97. The molecule has 1 saturated carbocycles. The van der Waals surface area contributed by atoms with E-state index in [-0.39, 0.29) is 18.5 Å². The molecule has 0 bridgehead atoms. The molecular weight excluding hydrogens is 247 g/mol. The number of hydrogen-bond donors (Lipinski definition) is 0. The van der Waals surface area contributed by atoms with Gasteiger partial charge in [-0.1, -0.05) is 35.7 Å². The Morgan fingerprint density at radius 3 is 2.69 bits per heavy atom. The monoisotopic (exact) mass is 258 g/mol. The summed E-state index contributed by atoms with van der Waals surface area (Å²) in [4.78, 5) is 11.5. The molecule has 1 fully saturated rings. The first-order chi connectivity index (χ1) is 7.66. The Morgan fingerprint density at radius 1 is 1.38 bits per heavy atom. The Bertz CT molecular complexity index is 400. The maximum Gasteiger partial charge on any atom is 0.309 e. The standard InChI is InChI=1S/C12H12Cl2O2/c13-10-5-4-9(11(14)6-10)7-16-12(15)8-2-1-3-8/h4-6,8H,1-3,7H2. The molecule has 1 aromatic rings. The first kappa shape index (κ1) is 11.7. The molecule has 2 nitrogen and oxygen atoms in total. The van der Waals surface area contributed by atoms with Crippen LogP contribution in [0.1, 0.15) is 24.8 Å². The maximum atomic E-state index is 11.5. The third-order valence-corrected chi connectivity index (χ3v) is 3.41. The second-order valence-corrected chi connectivity index (χ2v) is 4.81. The average molecular weight is 259 g/mol. The van der Waals surface area contributed by atoms with Gasteiger partial charge in [0.05, 0.1) is 5.92 Å². The first-order valence-electron chi connectivity index (χ1n) is 5.27. The molecule has 0 spiro atoms. The van der Waals surface area contributed by atoms with Crippen LogP contribution in [0.25, 0.3) is 0 Å². The summed E-state index contributed by atoms with van der Waals surface area (Å²) < 4.78 is 5.19. The molecule has 0 radical (unpaired) electrons. The minimum absolute atomic E-state index is 0.103. The lowest BCUT2D eigenvalue weighted by molar-refractivity contribution is -0.152. The largest absolute Gasteiger partial charge is 0.461 e. The van der Waals surface area contributed by atoms with Crippen molar-refractivity contribution in [3.8, 4) is 0 Å². The van der Waals surface area contributed by atoms with Crippen molar-refractivity contribution in [1.82, 2.24) is 0 Å². The third kappa shape index (κ3) is 2.69. The van der Waals surface area contributed by atoms with E-state index < -0.39 is 0 Å². The Balaban J connectivity index is 1.91. The lowest BCUT2D eigenvalue weighted by Gasteiger charge is -2.23. The van der Waals surface area contributed by atoms with Crippen molar-refractivity contribution in [2.75, 3.05) is 0 Å². The summed E-state index contributed by atoms with van der Waals surface area (Å²) in [7, 11) is 0. The molecule has 0 aliphatic heterocycles. The predicted octanol–water partition coefficient (Wildman–Crippen LogP) is 3.84. The number of halogens is 2. The second kappa shape index (κ2) is 5.07. The van der Waals surface area contributed by atoms with E-state index >= 15 is 0 Å². The highest BCUT2D eigenvalue weighted by molar-refractivity contribution is 6.35. The molecule has 2 rings (SSSR count). The van der Waals surface area contributed by atoms with Crippen molar-refractivity contribution in [3.63, 3.8) is 0 Å². The summed E-state index contributed by atoms with van der Waals surface area (Å²) in [5.74, 6) is -0.0108. The van der Waals surface area contributed by atoms with E-state index in [0.717, 1.165) is 24.8 Å². The SMILES string of the molecule is O=C(OCc1ccc(Cl)cc1Cl)C1CCC1. The number of rotatable bonds is 3. The summed E-state index contributed by atoms with van der Waals surface area (Å²) in [5, 5.41) is 1.12. The molecule has 16 heavy (non-hydrogen) atoms. The van der Waals surface area contributed by atoms with Gasteiger partial charge in [0.1, 0.15) is 6.61 Å². The first-order valence-corrected chi connectivity index (χ1v) is 6.03. The zero-order valence-corrected chi connectivity index (χ0v) is 10.2.